The summed E-state index contributed by atoms with van der Waals surface area (Å²) in [5.41, 5.74) is 1.53. The average Bonchev–Trinajstić information content (AvgIpc) is 3.09. The Labute approximate surface area is 140 Å². The van der Waals surface area contributed by atoms with Gasteiger partial charge in [-0.05, 0) is 5.56 Å². The van der Waals surface area contributed by atoms with Crippen LogP contribution in [0.3, 0.4) is 0 Å². The maximum absolute atomic E-state index is 12.5. The first-order valence-corrected chi connectivity index (χ1v) is 7.88. The Hall–Kier alpha value is -2.66. The zero-order valence-electron chi connectivity index (χ0n) is 13.2. The predicted octanol–water partition coefficient (Wildman–Crippen LogP) is 2.81. The molecule has 1 fully saturated rings. The average molecular weight is 325 g/mol. The molecule has 1 amide bonds. The molecule has 0 saturated carbocycles. The summed E-state index contributed by atoms with van der Waals surface area (Å²) in [5.74, 6) is -0.418. The number of Topliss-reactive ketones (excluding diaryl/α,β-unsaturated/α-hetero) is 1. The van der Waals surface area contributed by atoms with Gasteiger partial charge in [-0.25, -0.2) is 4.79 Å². The number of rotatable bonds is 5. The lowest BCUT2D eigenvalue weighted by Gasteiger charge is -2.18. The fraction of sp³-hybridized carbons (Fsp3) is 0.263. The van der Waals surface area contributed by atoms with E-state index in [1.54, 1.807) is 12.1 Å². The van der Waals surface area contributed by atoms with Gasteiger partial charge < -0.3 is 14.8 Å². The summed E-state index contributed by atoms with van der Waals surface area (Å²) in [5, 5.41) is 2.74. The quantitative estimate of drug-likeness (QED) is 0.859. The number of ketones is 1. The molecule has 5 heteroatoms. The summed E-state index contributed by atoms with van der Waals surface area (Å²) < 4.78 is 10.6. The first-order chi connectivity index (χ1) is 11.7. The highest BCUT2D eigenvalue weighted by Crippen LogP contribution is 2.19. The van der Waals surface area contributed by atoms with E-state index in [2.05, 4.69) is 5.32 Å². The Morgan fingerprint density at radius 1 is 1.00 bits per heavy atom. The van der Waals surface area contributed by atoms with Crippen LogP contribution in [-0.4, -0.2) is 31.1 Å². The zero-order chi connectivity index (χ0) is 16.8. The van der Waals surface area contributed by atoms with Gasteiger partial charge in [0.15, 0.2) is 5.78 Å². The van der Waals surface area contributed by atoms with E-state index in [1.165, 1.54) is 0 Å². The third kappa shape index (κ3) is 4.00. The Balaban J connectivity index is 1.55. The van der Waals surface area contributed by atoms with Crippen molar-refractivity contribution in [2.45, 2.75) is 12.6 Å². The molecule has 0 bridgehead atoms. The molecule has 5 nitrogen and oxygen atoms in total. The van der Waals surface area contributed by atoms with Crippen LogP contribution in [0, 0.1) is 5.92 Å². The second-order valence-corrected chi connectivity index (χ2v) is 5.69. The monoisotopic (exact) mass is 325 g/mol. The molecule has 2 aromatic carbocycles. The van der Waals surface area contributed by atoms with Crippen LogP contribution in [0.15, 0.2) is 60.7 Å². The molecule has 0 aromatic heterocycles. The van der Waals surface area contributed by atoms with E-state index in [0.29, 0.717) is 18.8 Å². The molecule has 1 N–H and O–H groups in total. The lowest BCUT2D eigenvalue weighted by atomic mass is 9.93. The molecule has 0 spiro atoms. The highest BCUT2D eigenvalue weighted by molar-refractivity contribution is 5.98. The predicted molar refractivity (Wildman–Crippen MR) is 88.6 cm³/mol. The molecule has 2 aromatic rings. The zero-order valence-corrected chi connectivity index (χ0v) is 13.2. The molecular formula is C19H19NO4. The van der Waals surface area contributed by atoms with Crippen molar-refractivity contribution in [3.8, 4) is 0 Å². The van der Waals surface area contributed by atoms with Crippen LogP contribution in [0.1, 0.15) is 15.9 Å². The summed E-state index contributed by atoms with van der Waals surface area (Å²) in [7, 11) is 0. The molecule has 3 rings (SSSR count). The smallest absolute Gasteiger partial charge is 0.407 e. The van der Waals surface area contributed by atoms with E-state index in [1.807, 2.05) is 48.5 Å². The van der Waals surface area contributed by atoms with E-state index >= 15 is 0 Å². The molecule has 0 unspecified atom stereocenters. The van der Waals surface area contributed by atoms with Gasteiger partial charge in [-0.2, -0.15) is 0 Å². The molecule has 0 radical (unpaired) electrons. The van der Waals surface area contributed by atoms with Gasteiger partial charge in [0.2, 0.25) is 0 Å². The summed E-state index contributed by atoms with van der Waals surface area (Å²) in [6.45, 7) is 0.804. The lowest BCUT2D eigenvalue weighted by Crippen LogP contribution is -2.42. The maximum atomic E-state index is 12.5. The van der Waals surface area contributed by atoms with Crippen LogP contribution in [-0.2, 0) is 16.1 Å². The van der Waals surface area contributed by atoms with Crippen molar-refractivity contribution < 1.29 is 19.1 Å². The van der Waals surface area contributed by atoms with Gasteiger partial charge in [0.1, 0.15) is 6.61 Å². The molecule has 1 aliphatic rings. The van der Waals surface area contributed by atoms with E-state index in [-0.39, 0.29) is 18.4 Å². The van der Waals surface area contributed by atoms with Gasteiger partial charge in [-0.15, -0.1) is 0 Å². The minimum atomic E-state index is -0.541. The second-order valence-electron chi connectivity index (χ2n) is 5.69. The topological polar surface area (TPSA) is 64.6 Å². The summed E-state index contributed by atoms with van der Waals surface area (Å²) in [4.78, 5) is 24.5. The molecule has 1 saturated heterocycles. The number of hydrogen-bond acceptors (Lipinski definition) is 4. The number of alkyl carbamates (subject to hydrolysis) is 1. The van der Waals surface area contributed by atoms with Gasteiger partial charge in [-0.1, -0.05) is 60.7 Å². The van der Waals surface area contributed by atoms with Crippen molar-refractivity contribution in [3.63, 3.8) is 0 Å². The minimum absolute atomic E-state index is 0.0264. The summed E-state index contributed by atoms with van der Waals surface area (Å²) in [6, 6.07) is 18.1. The fourth-order valence-corrected chi connectivity index (χ4v) is 2.69. The van der Waals surface area contributed by atoms with Crippen LogP contribution >= 0.6 is 0 Å². The van der Waals surface area contributed by atoms with Gasteiger partial charge in [0.25, 0.3) is 0 Å². The molecule has 24 heavy (non-hydrogen) atoms. The van der Waals surface area contributed by atoms with Crippen LogP contribution in [0.5, 0.6) is 0 Å². The first-order valence-electron chi connectivity index (χ1n) is 7.88. The molecule has 1 aliphatic heterocycles. The van der Waals surface area contributed by atoms with Crippen LogP contribution in [0.2, 0.25) is 0 Å². The molecule has 124 valence electrons. The Morgan fingerprint density at radius 3 is 2.38 bits per heavy atom. The largest absolute Gasteiger partial charge is 0.445 e. The second kappa shape index (κ2) is 7.75. The van der Waals surface area contributed by atoms with Crippen LogP contribution in [0.4, 0.5) is 4.79 Å². The fourth-order valence-electron chi connectivity index (χ4n) is 2.69. The van der Waals surface area contributed by atoms with Crippen molar-refractivity contribution in [3.05, 3.63) is 71.8 Å². The highest BCUT2D eigenvalue weighted by atomic mass is 16.5. The number of hydrogen-bond donors (Lipinski definition) is 1. The standard InChI is InChI=1S/C19H19NO4/c21-18(15-9-5-2-6-10-15)16-12-23-13-17(16)20-19(22)24-11-14-7-3-1-4-8-14/h1-10,16-17H,11-13H2,(H,20,22)/t16-,17-/m1/s1. The number of carbonyl (C=O) groups is 2. The Morgan fingerprint density at radius 2 is 1.67 bits per heavy atom. The number of nitrogens with one attached hydrogen (secondary N) is 1. The van der Waals surface area contributed by atoms with Gasteiger partial charge in [0.05, 0.1) is 25.2 Å². The van der Waals surface area contributed by atoms with Crippen molar-refractivity contribution in [1.82, 2.24) is 5.32 Å². The minimum Gasteiger partial charge on any atom is -0.445 e. The lowest BCUT2D eigenvalue weighted by molar-refractivity contribution is 0.0888. The SMILES string of the molecule is O=C(N[C@@H]1COC[C@H]1C(=O)c1ccccc1)OCc1ccccc1. The molecular weight excluding hydrogens is 306 g/mol. The van der Waals surface area contributed by atoms with Crippen LogP contribution < -0.4 is 5.32 Å². The van der Waals surface area contributed by atoms with Gasteiger partial charge in [0, 0.05) is 5.56 Å². The van der Waals surface area contributed by atoms with Crippen molar-refractivity contribution >= 4 is 11.9 Å². The van der Waals surface area contributed by atoms with E-state index in [4.69, 9.17) is 9.47 Å². The van der Waals surface area contributed by atoms with Gasteiger partial charge >= 0.3 is 6.09 Å². The summed E-state index contributed by atoms with van der Waals surface area (Å²) >= 11 is 0. The van der Waals surface area contributed by atoms with Crippen molar-refractivity contribution in [2.75, 3.05) is 13.2 Å². The third-order valence-electron chi connectivity index (χ3n) is 3.99. The van der Waals surface area contributed by atoms with E-state index < -0.39 is 12.0 Å². The van der Waals surface area contributed by atoms with E-state index in [0.717, 1.165) is 5.56 Å². The number of ether oxygens (including phenoxy) is 2. The van der Waals surface area contributed by atoms with E-state index in [9.17, 15) is 9.59 Å². The van der Waals surface area contributed by atoms with Crippen molar-refractivity contribution in [1.29, 1.82) is 0 Å². The number of carbonyl (C=O) groups excluding carboxylic acids is 2. The number of amides is 1. The molecule has 1 heterocycles. The van der Waals surface area contributed by atoms with Gasteiger partial charge in [-0.3, -0.25) is 4.79 Å². The Bertz CT molecular complexity index is 687. The number of benzene rings is 2. The van der Waals surface area contributed by atoms with Crippen molar-refractivity contribution in [2.24, 2.45) is 5.92 Å². The Kier molecular flexibility index (Phi) is 5.23. The molecule has 0 aliphatic carbocycles. The van der Waals surface area contributed by atoms with Crippen LogP contribution in [0.25, 0.3) is 0 Å². The molecule has 2 atom stereocenters. The summed E-state index contributed by atoms with van der Waals surface area (Å²) in [6.07, 6.45) is -0.541. The maximum Gasteiger partial charge on any atom is 0.407 e. The normalized spacial score (nSPS) is 19.7. The highest BCUT2D eigenvalue weighted by Gasteiger charge is 2.35. The first kappa shape index (κ1) is 16.2. The third-order valence-corrected chi connectivity index (χ3v) is 3.99.